The summed E-state index contributed by atoms with van der Waals surface area (Å²) in [5, 5.41) is 14.4. The second-order valence-corrected chi connectivity index (χ2v) is 6.03. The molecule has 0 atom stereocenters. The molecule has 0 saturated heterocycles. The van der Waals surface area contributed by atoms with Crippen LogP contribution in [0.15, 0.2) is 36.4 Å². The minimum atomic E-state index is -0.171. The summed E-state index contributed by atoms with van der Waals surface area (Å²) < 4.78 is 4.99. The van der Waals surface area contributed by atoms with Gasteiger partial charge in [-0.05, 0) is 55.0 Å². The molecule has 4 heteroatoms. The van der Waals surface area contributed by atoms with Crippen molar-refractivity contribution in [3.63, 3.8) is 0 Å². The summed E-state index contributed by atoms with van der Waals surface area (Å²) in [4.78, 5) is 12.0. The number of ether oxygens (including phenoxy) is 1. The van der Waals surface area contributed by atoms with Crippen LogP contribution in [0.3, 0.4) is 0 Å². The van der Waals surface area contributed by atoms with Crippen molar-refractivity contribution in [1.29, 1.82) is 0 Å². The van der Waals surface area contributed by atoms with Crippen LogP contribution in [-0.2, 0) is 17.6 Å². The van der Waals surface area contributed by atoms with Crippen LogP contribution < -0.4 is 15.2 Å². The number of hydrogen-bond acceptors (Lipinski definition) is 3. The van der Waals surface area contributed by atoms with Gasteiger partial charge in [0.05, 0.1) is 13.5 Å². The predicted octanol–water partition coefficient (Wildman–Crippen LogP) is 2.68. The fourth-order valence-electron chi connectivity index (χ4n) is 2.55. The lowest BCUT2D eigenvalue weighted by Gasteiger charge is -2.13. The quantitative estimate of drug-likeness (QED) is 0.796. The largest absolute Gasteiger partial charge is 0.870 e. The highest BCUT2D eigenvalue weighted by atomic mass is 16.5. The summed E-state index contributed by atoms with van der Waals surface area (Å²) in [6.07, 6.45) is 2.09. The highest BCUT2D eigenvalue weighted by Crippen LogP contribution is 2.23. The number of nitrogens with one attached hydrogen (secondary N) is 1. The second kappa shape index (κ2) is 8.39. The molecule has 1 N–H and O–H groups in total. The summed E-state index contributed by atoms with van der Waals surface area (Å²) in [5.74, 6) is 0.0564. The van der Waals surface area contributed by atoms with Crippen LogP contribution >= 0.6 is 0 Å². The molecule has 0 radical (unpaired) electrons. The van der Waals surface area contributed by atoms with E-state index >= 15 is 0 Å². The Bertz CT molecular complexity index is 710. The van der Waals surface area contributed by atoms with E-state index in [0.29, 0.717) is 6.54 Å². The first-order chi connectivity index (χ1) is 11.5. The topological polar surface area (TPSA) is 61.4 Å². The number of hydrogen-bond donors (Lipinski definition) is 1. The lowest BCUT2D eigenvalue weighted by atomic mass is 10.0. The lowest BCUT2D eigenvalue weighted by molar-refractivity contribution is -0.270. The Labute approximate surface area is 143 Å². The highest BCUT2D eigenvalue weighted by Gasteiger charge is 2.05. The van der Waals surface area contributed by atoms with E-state index in [1.165, 1.54) is 29.9 Å². The van der Waals surface area contributed by atoms with Crippen molar-refractivity contribution in [2.24, 2.45) is 0 Å². The molecule has 2 aromatic rings. The van der Waals surface area contributed by atoms with E-state index in [9.17, 15) is 9.90 Å². The van der Waals surface area contributed by atoms with E-state index in [4.69, 9.17) is 4.74 Å². The summed E-state index contributed by atoms with van der Waals surface area (Å²) >= 11 is 0. The number of methoxy groups -OCH3 is 1. The first-order valence-corrected chi connectivity index (χ1v) is 8.16. The fraction of sp³-hybridized carbons (Fsp3) is 0.350. The van der Waals surface area contributed by atoms with E-state index in [0.717, 1.165) is 18.4 Å². The molecule has 0 heterocycles. The van der Waals surface area contributed by atoms with Gasteiger partial charge in [-0.3, -0.25) is 4.79 Å². The summed E-state index contributed by atoms with van der Waals surface area (Å²) in [5.41, 5.74) is 4.67. The molecule has 0 aliphatic rings. The van der Waals surface area contributed by atoms with Gasteiger partial charge < -0.3 is 15.2 Å². The van der Waals surface area contributed by atoms with Gasteiger partial charge in [-0.2, -0.15) is 0 Å². The Balaban J connectivity index is 1.76. The van der Waals surface area contributed by atoms with Crippen molar-refractivity contribution in [3.05, 3.63) is 58.7 Å². The normalized spacial score (nSPS) is 10.5. The molecule has 0 saturated carbocycles. The molecule has 4 nitrogen and oxygen atoms in total. The number of benzene rings is 2. The van der Waals surface area contributed by atoms with Crippen LogP contribution in [0.2, 0.25) is 0 Å². The van der Waals surface area contributed by atoms with Crippen LogP contribution in [0, 0.1) is 13.8 Å². The van der Waals surface area contributed by atoms with Crippen LogP contribution in [0.4, 0.5) is 0 Å². The van der Waals surface area contributed by atoms with Gasteiger partial charge in [-0.25, -0.2) is 0 Å². The zero-order valence-electron chi connectivity index (χ0n) is 14.5. The Morgan fingerprint density at radius 2 is 1.83 bits per heavy atom. The van der Waals surface area contributed by atoms with Crippen LogP contribution in [0.1, 0.15) is 28.7 Å². The Hall–Kier alpha value is -2.49. The molecular formula is C20H24NO3-. The van der Waals surface area contributed by atoms with Gasteiger partial charge >= 0.3 is 0 Å². The molecule has 128 valence electrons. The minimum absolute atomic E-state index is 0.0456. The molecule has 1 amide bonds. The zero-order valence-corrected chi connectivity index (χ0v) is 14.5. The van der Waals surface area contributed by atoms with E-state index in [1.807, 2.05) is 0 Å². The van der Waals surface area contributed by atoms with Crippen molar-refractivity contribution in [2.45, 2.75) is 33.1 Å². The minimum Gasteiger partial charge on any atom is -0.870 e. The summed E-state index contributed by atoms with van der Waals surface area (Å²) in [7, 11) is 1.45. The molecular weight excluding hydrogens is 302 g/mol. The average Bonchev–Trinajstić information content (AvgIpc) is 2.56. The maximum atomic E-state index is 12.0. The van der Waals surface area contributed by atoms with Crippen molar-refractivity contribution in [1.82, 2.24) is 5.32 Å². The van der Waals surface area contributed by atoms with Gasteiger partial charge in [-0.1, -0.05) is 36.1 Å². The Morgan fingerprint density at radius 3 is 2.54 bits per heavy atom. The van der Waals surface area contributed by atoms with Crippen LogP contribution in [0.5, 0.6) is 11.5 Å². The molecule has 0 aromatic heterocycles. The predicted molar refractivity (Wildman–Crippen MR) is 93.4 cm³/mol. The van der Waals surface area contributed by atoms with E-state index in [-0.39, 0.29) is 23.8 Å². The smallest absolute Gasteiger partial charge is 0.224 e. The third-order valence-corrected chi connectivity index (χ3v) is 4.13. The van der Waals surface area contributed by atoms with E-state index in [1.54, 1.807) is 12.1 Å². The van der Waals surface area contributed by atoms with Gasteiger partial charge in [0.2, 0.25) is 5.91 Å². The van der Waals surface area contributed by atoms with Crippen molar-refractivity contribution in [3.8, 4) is 11.5 Å². The van der Waals surface area contributed by atoms with Gasteiger partial charge in [0.25, 0.3) is 0 Å². The summed E-state index contributed by atoms with van der Waals surface area (Å²) in [6.45, 7) is 4.86. The third kappa shape index (κ3) is 5.01. The van der Waals surface area contributed by atoms with Crippen molar-refractivity contribution in [2.75, 3.05) is 13.7 Å². The molecule has 24 heavy (non-hydrogen) atoms. The van der Waals surface area contributed by atoms with Crippen molar-refractivity contribution < 1.29 is 14.6 Å². The monoisotopic (exact) mass is 326 g/mol. The molecule has 0 aliphatic heterocycles. The molecule has 0 spiro atoms. The third-order valence-electron chi connectivity index (χ3n) is 4.13. The molecule has 0 fully saturated rings. The lowest BCUT2D eigenvalue weighted by Crippen LogP contribution is -2.26. The fourth-order valence-corrected chi connectivity index (χ4v) is 2.55. The molecule has 2 aromatic carbocycles. The second-order valence-electron chi connectivity index (χ2n) is 6.03. The highest BCUT2D eigenvalue weighted by molar-refractivity contribution is 5.78. The standard InChI is InChI=1S/C20H25NO3/c1-14-6-7-16(11-15(14)2)5-4-10-21-20(23)13-17-8-9-18(22)19(12-17)24-3/h6-9,11-12,22H,4-5,10,13H2,1-3H3,(H,21,23)/p-1. The van der Waals surface area contributed by atoms with E-state index in [2.05, 4.69) is 37.4 Å². The van der Waals surface area contributed by atoms with Crippen LogP contribution in [0.25, 0.3) is 0 Å². The maximum Gasteiger partial charge on any atom is 0.224 e. The van der Waals surface area contributed by atoms with E-state index < -0.39 is 0 Å². The van der Waals surface area contributed by atoms with Crippen molar-refractivity contribution >= 4 is 5.91 Å². The molecule has 0 aliphatic carbocycles. The Kier molecular flexibility index (Phi) is 6.24. The maximum absolute atomic E-state index is 12.0. The number of rotatable bonds is 7. The van der Waals surface area contributed by atoms with Gasteiger partial charge in [0.15, 0.2) is 0 Å². The van der Waals surface area contributed by atoms with Gasteiger partial charge in [0.1, 0.15) is 5.75 Å². The zero-order chi connectivity index (χ0) is 17.5. The Morgan fingerprint density at radius 1 is 1.08 bits per heavy atom. The van der Waals surface area contributed by atoms with Gasteiger partial charge in [0, 0.05) is 6.54 Å². The number of aryl methyl sites for hydroxylation is 3. The number of amides is 1. The number of carbonyl (C=O) groups excluding carboxylic acids is 1. The summed E-state index contributed by atoms with van der Waals surface area (Å²) in [6, 6.07) is 11.2. The first-order valence-electron chi connectivity index (χ1n) is 8.16. The van der Waals surface area contributed by atoms with Gasteiger partial charge in [-0.15, -0.1) is 0 Å². The SMILES string of the molecule is COc1cc(CC(=O)NCCCc2ccc(C)c(C)c2)ccc1[O-]. The van der Waals surface area contributed by atoms with Crippen LogP contribution in [-0.4, -0.2) is 19.6 Å². The number of carbonyl (C=O) groups is 1. The molecule has 2 rings (SSSR count). The average molecular weight is 326 g/mol. The molecule has 0 unspecified atom stereocenters. The first kappa shape index (κ1) is 17.9. The molecule has 0 bridgehead atoms.